The first-order valence-electron chi connectivity index (χ1n) is 6.10. The first-order chi connectivity index (χ1) is 9.61. The van der Waals surface area contributed by atoms with Crippen molar-refractivity contribution in [2.45, 2.75) is 12.8 Å². The fourth-order valence-corrected chi connectivity index (χ4v) is 2.63. The maximum atomic E-state index is 13.6. The van der Waals surface area contributed by atoms with Crippen LogP contribution in [0.5, 0.6) is 0 Å². The number of aryl methyl sites for hydroxylation is 1. The van der Waals surface area contributed by atoms with Gasteiger partial charge in [0.1, 0.15) is 11.6 Å². The normalized spacial score (nSPS) is 11.2. The summed E-state index contributed by atoms with van der Waals surface area (Å²) in [4.78, 5) is 4.38. The third-order valence-electron chi connectivity index (χ3n) is 3.24. The molecule has 2 nitrogen and oxygen atoms in total. The lowest BCUT2D eigenvalue weighted by Crippen LogP contribution is -2.01. The van der Waals surface area contributed by atoms with Gasteiger partial charge in [0.05, 0.1) is 27.6 Å². The number of hydrogen-bond acceptors (Lipinski definition) is 1. The van der Waals surface area contributed by atoms with Crippen LogP contribution >= 0.6 is 23.2 Å². The fourth-order valence-electron chi connectivity index (χ4n) is 2.30. The lowest BCUT2D eigenvalue weighted by molar-refractivity contribution is 0.630. The summed E-state index contributed by atoms with van der Waals surface area (Å²) in [5.41, 5.74) is 3.35. The topological polar surface area (TPSA) is 17.8 Å². The minimum atomic E-state index is -0.477. The second-order valence-electron chi connectivity index (χ2n) is 4.54. The Labute approximate surface area is 125 Å². The van der Waals surface area contributed by atoms with E-state index in [1.807, 2.05) is 35.8 Å². The smallest absolute Gasteiger partial charge is 0.144 e. The van der Waals surface area contributed by atoms with E-state index in [4.69, 9.17) is 23.2 Å². The molecule has 1 heterocycles. The molecule has 0 spiro atoms. The van der Waals surface area contributed by atoms with Crippen LogP contribution in [-0.4, -0.2) is 9.55 Å². The van der Waals surface area contributed by atoms with Gasteiger partial charge in [-0.1, -0.05) is 29.8 Å². The third-order valence-corrected chi connectivity index (χ3v) is 3.77. The zero-order valence-electron chi connectivity index (χ0n) is 10.7. The molecule has 1 aromatic heterocycles. The molecule has 0 radical (unpaired) electrons. The molecule has 5 heteroatoms. The van der Waals surface area contributed by atoms with Crippen molar-refractivity contribution in [3.05, 3.63) is 58.6 Å². The van der Waals surface area contributed by atoms with Gasteiger partial charge in [-0.25, -0.2) is 9.37 Å². The van der Waals surface area contributed by atoms with Crippen molar-refractivity contribution in [1.29, 1.82) is 0 Å². The van der Waals surface area contributed by atoms with Crippen molar-refractivity contribution in [1.82, 2.24) is 9.55 Å². The van der Waals surface area contributed by atoms with Crippen LogP contribution in [0, 0.1) is 12.7 Å². The van der Waals surface area contributed by atoms with Crippen molar-refractivity contribution in [3.8, 4) is 5.69 Å². The highest BCUT2D eigenvalue weighted by Gasteiger charge is 2.15. The van der Waals surface area contributed by atoms with E-state index in [2.05, 4.69) is 4.98 Å². The molecule has 0 saturated carbocycles. The Morgan fingerprint density at radius 1 is 1.25 bits per heavy atom. The Morgan fingerprint density at radius 2 is 2.00 bits per heavy atom. The van der Waals surface area contributed by atoms with Crippen molar-refractivity contribution >= 4 is 34.2 Å². The van der Waals surface area contributed by atoms with Crippen molar-refractivity contribution in [2.24, 2.45) is 0 Å². The molecule has 20 heavy (non-hydrogen) atoms. The molecule has 102 valence electrons. The lowest BCUT2D eigenvalue weighted by atomic mass is 10.2. The Bertz CT molecular complexity index is 796. The molecule has 0 bridgehead atoms. The monoisotopic (exact) mass is 308 g/mol. The summed E-state index contributed by atoms with van der Waals surface area (Å²) in [5, 5.41) is 0.0772. The van der Waals surface area contributed by atoms with Gasteiger partial charge in [0.25, 0.3) is 0 Å². The van der Waals surface area contributed by atoms with Crippen molar-refractivity contribution < 1.29 is 4.39 Å². The van der Waals surface area contributed by atoms with Crippen molar-refractivity contribution in [3.63, 3.8) is 0 Å². The summed E-state index contributed by atoms with van der Waals surface area (Å²) in [6.07, 6.45) is 0. The van der Waals surface area contributed by atoms with Gasteiger partial charge in [-0.3, -0.25) is 4.57 Å². The number of imidazole rings is 1. The molecule has 0 aliphatic rings. The van der Waals surface area contributed by atoms with Gasteiger partial charge in [-0.15, -0.1) is 11.6 Å². The molecule has 0 fully saturated rings. The summed E-state index contributed by atoms with van der Waals surface area (Å²) in [6, 6.07) is 10.8. The van der Waals surface area contributed by atoms with E-state index in [-0.39, 0.29) is 10.9 Å². The molecular weight excluding hydrogens is 298 g/mol. The molecule has 0 amide bonds. The summed E-state index contributed by atoms with van der Waals surface area (Å²) >= 11 is 11.9. The van der Waals surface area contributed by atoms with Gasteiger partial charge >= 0.3 is 0 Å². The van der Waals surface area contributed by atoms with Gasteiger partial charge in [-0.05, 0) is 24.6 Å². The molecular formula is C15H11Cl2FN2. The highest BCUT2D eigenvalue weighted by atomic mass is 35.5. The second kappa shape index (κ2) is 5.08. The molecule has 0 unspecified atom stereocenters. The maximum Gasteiger partial charge on any atom is 0.144 e. The molecule has 0 aliphatic heterocycles. The van der Waals surface area contributed by atoms with Gasteiger partial charge < -0.3 is 0 Å². The van der Waals surface area contributed by atoms with Crippen LogP contribution in [0.2, 0.25) is 5.02 Å². The number of fused-ring (bicyclic) bond motifs is 1. The molecule has 0 aliphatic carbocycles. The van der Waals surface area contributed by atoms with E-state index < -0.39 is 5.82 Å². The van der Waals surface area contributed by atoms with Gasteiger partial charge in [0.2, 0.25) is 0 Å². The van der Waals surface area contributed by atoms with Gasteiger partial charge in [-0.2, -0.15) is 0 Å². The zero-order valence-corrected chi connectivity index (χ0v) is 12.2. The van der Waals surface area contributed by atoms with Gasteiger partial charge in [0, 0.05) is 6.07 Å². The van der Waals surface area contributed by atoms with Crippen LogP contribution in [0.25, 0.3) is 16.7 Å². The first kappa shape index (κ1) is 13.4. The minimum Gasteiger partial charge on any atom is -0.295 e. The largest absolute Gasteiger partial charge is 0.295 e. The predicted octanol–water partition coefficient (Wildman–Crippen LogP) is 4.87. The average Bonchev–Trinajstić information content (AvgIpc) is 2.77. The summed E-state index contributed by atoms with van der Waals surface area (Å²) in [5.74, 6) is 0.426. The Morgan fingerprint density at radius 3 is 2.70 bits per heavy atom. The van der Waals surface area contributed by atoms with Crippen LogP contribution in [0.3, 0.4) is 0 Å². The van der Waals surface area contributed by atoms with Crippen molar-refractivity contribution in [2.75, 3.05) is 0 Å². The zero-order chi connectivity index (χ0) is 14.3. The Balaban J connectivity index is 2.39. The predicted molar refractivity (Wildman–Crippen MR) is 80.3 cm³/mol. The number of halogens is 3. The highest BCUT2D eigenvalue weighted by Crippen LogP contribution is 2.28. The first-order valence-corrected chi connectivity index (χ1v) is 7.01. The van der Waals surface area contributed by atoms with Crippen LogP contribution in [0.15, 0.2) is 36.4 Å². The number of alkyl halides is 1. The van der Waals surface area contributed by atoms with Crippen LogP contribution in [0.4, 0.5) is 4.39 Å². The summed E-state index contributed by atoms with van der Waals surface area (Å²) in [6.45, 7) is 2.00. The number of rotatable bonds is 2. The van der Waals surface area contributed by atoms with E-state index in [1.54, 1.807) is 6.07 Å². The lowest BCUT2D eigenvalue weighted by Gasteiger charge is -2.11. The Hall–Kier alpha value is -1.58. The van der Waals surface area contributed by atoms with Gasteiger partial charge in [0.15, 0.2) is 0 Å². The number of hydrogen-bond donors (Lipinski definition) is 0. The Kier molecular flexibility index (Phi) is 3.40. The number of aromatic nitrogens is 2. The molecule has 0 saturated heterocycles. The van der Waals surface area contributed by atoms with E-state index in [0.29, 0.717) is 11.3 Å². The van der Waals surface area contributed by atoms with E-state index in [1.165, 1.54) is 6.07 Å². The van der Waals surface area contributed by atoms with Crippen LogP contribution in [0.1, 0.15) is 11.4 Å². The van der Waals surface area contributed by atoms with Crippen LogP contribution < -0.4 is 0 Å². The van der Waals surface area contributed by atoms with Crippen LogP contribution in [-0.2, 0) is 5.88 Å². The highest BCUT2D eigenvalue weighted by molar-refractivity contribution is 6.31. The van der Waals surface area contributed by atoms with E-state index in [9.17, 15) is 4.39 Å². The fraction of sp³-hybridized carbons (Fsp3) is 0.133. The molecule has 2 aromatic carbocycles. The standard InChI is InChI=1S/C15H11Cl2FN2/c1-9-4-2-3-5-13(9)20-14-6-10(17)11(18)7-12(14)19-15(20)8-16/h2-7H,8H2,1H3. The maximum absolute atomic E-state index is 13.6. The average molecular weight is 309 g/mol. The quantitative estimate of drug-likeness (QED) is 0.618. The minimum absolute atomic E-state index is 0.0772. The molecule has 0 N–H and O–H groups in total. The van der Waals surface area contributed by atoms with E-state index in [0.717, 1.165) is 16.8 Å². The molecule has 3 aromatic rings. The SMILES string of the molecule is Cc1ccccc1-n1c(CCl)nc2cc(F)c(Cl)cc21. The summed E-state index contributed by atoms with van der Waals surface area (Å²) in [7, 11) is 0. The molecule has 3 rings (SSSR count). The third kappa shape index (κ3) is 2.07. The molecule has 0 atom stereocenters. The van der Waals surface area contributed by atoms with E-state index >= 15 is 0 Å². The number of para-hydroxylation sites is 1. The number of benzene rings is 2. The number of nitrogens with zero attached hydrogens (tertiary/aromatic N) is 2. The summed E-state index contributed by atoms with van der Waals surface area (Å²) < 4.78 is 15.5. The second-order valence-corrected chi connectivity index (χ2v) is 5.21.